The molecule has 18 heavy (non-hydrogen) atoms. The van der Waals surface area contributed by atoms with Gasteiger partial charge in [-0.25, -0.2) is 4.39 Å². The van der Waals surface area contributed by atoms with E-state index in [-0.39, 0.29) is 5.82 Å². The molecule has 0 atom stereocenters. The molecular weight excluding hydrogens is 295 g/mol. The van der Waals surface area contributed by atoms with Crippen LogP contribution in [0.2, 0.25) is 0 Å². The van der Waals surface area contributed by atoms with E-state index in [1.165, 1.54) is 12.1 Å². The van der Waals surface area contributed by atoms with Crippen LogP contribution in [0.5, 0.6) is 0 Å². The van der Waals surface area contributed by atoms with Crippen molar-refractivity contribution < 1.29 is 4.39 Å². The number of benzene rings is 2. The average molecular weight is 309 g/mol. The summed E-state index contributed by atoms with van der Waals surface area (Å²) < 4.78 is 14.0. The molecule has 0 bridgehead atoms. The molecule has 0 fully saturated rings. The van der Waals surface area contributed by atoms with Crippen molar-refractivity contribution in [1.29, 1.82) is 0 Å². The molecule has 2 nitrogen and oxygen atoms in total. The average Bonchev–Trinajstić information content (AvgIpc) is 2.31. The molecule has 2 aromatic rings. The van der Waals surface area contributed by atoms with Crippen molar-refractivity contribution in [2.24, 2.45) is 0 Å². The summed E-state index contributed by atoms with van der Waals surface area (Å²) in [6.45, 7) is 2.03. The largest absolute Gasteiger partial charge is 0.397 e. The van der Waals surface area contributed by atoms with Crippen LogP contribution in [0.25, 0.3) is 0 Å². The molecule has 0 amide bonds. The van der Waals surface area contributed by atoms with Crippen LogP contribution >= 0.6 is 15.9 Å². The predicted octanol–water partition coefficient (Wildman–Crippen LogP) is 4.25. The molecule has 0 heterocycles. The lowest BCUT2D eigenvalue weighted by molar-refractivity contribution is 0.628. The Balaban J connectivity index is 2.47. The Bertz CT molecular complexity index is 584. The Labute approximate surface area is 114 Å². The summed E-state index contributed by atoms with van der Waals surface area (Å²) in [5.41, 5.74) is 9.23. The normalized spacial score (nSPS) is 10.4. The lowest BCUT2D eigenvalue weighted by atomic mass is 10.1. The topological polar surface area (TPSA) is 29.3 Å². The zero-order valence-corrected chi connectivity index (χ0v) is 11.8. The fourth-order valence-electron chi connectivity index (χ4n) is 1.90. The van der Waals surface area contributed by atoms with Gasteiger partial charge in [0.25, 0.3) is 0 Å². The second-order valence-corrected chi connectivity index (χ2v) is 5.11. The summed E-state index contributed by atoms with van der Waals surface area (Å²) in [6.07, 6.45) is 0. The molecule has 2 aromatic carbocycles. The highest BCUT2D eigenvalue weighted by molar-refractivity contribution is 9.10. The van der Waals surface area contributed by atoms with E-state index in [2.05, 4.69) is 15.9 Å². The van der Waals surface area contributed by atoms with Crippen LogP contribution in [0.4, 0.5) is 21.5 Å². The lowest BCUT2D eigenvalue weighted by Gasteiger charge is -2.23. The molecule has 4 heteroatoms. The van der Waals surface area contributed by atoms with Gasteiger partial charge in [-0.05, 0) is 42.8 Å². The fraction of sp³-hybridized carbons (Fsp3) is 0.143. The molecule has 0 spiro atoms. The minimum atomic E-state index is -0.324. The first-order valence-corrected chi connectivity index (χ1v) is 6.33. The van der Waals surface area contributed by atoms with Gasteiger partial charge in [0.15, 0.2) is 0 Å². The minimum Gasteiger partial charge on any atom is -0.397 e. The van der Waals surface area contributed by atoms with E-state index in [0.29, 0.717) is 5.69 Å². The monoisotopic (exact) mass is 308 g/mol. The maximum absolute atomic E-state index is 13.1. The highest BCUT2D eigenvalue weighted by Crippen LogP contribution is 2.32. The number of nitrogens with zero attached hydrogens (tertiary/aromatic N) is 1. The van der Waals surface area contributed by atoms with Crippen molar-refractivity contribution in [2.75, 3.05) is 17.7 Å². The van der Waals surface area contributed by atoms with Crippen LogP contribution in [0.3, 0.4) is 0 Å². The van der Waals surface area contributed by atoms with Crippen LogP contribution in [-0.4, -0.2) is 7.05 Å². The van der Waals surface area contributed by atoms with Crippen LogP contribution < -0.4 is 10.6 Å². The zero-order valence-electron chi connectivity index (χ0n) is 10.2. The molecule has 0 aliphatic carbocycles. The molecule has 0 saturated carbocycles. The molecule has 0 saturated heterocycles. The smallest absolute Gasteiger partial charge is 0.125 e. The van der Waals surface area contributed by atoms with Gasteiger partial charge in [-0.3, -0.25) is 0 Å². The molecule has 0 aliphatic heterocycles. The van der Waals surface area contributed by atoms with Gasteiger partial charge in [-0.15, -0.1) is 0 Å². The van der Waals surface area contributed by atoms with Crippen LogP contribution in [0.1, 0.15) is 5.56 Å². The molecule has 2 rings (SSSR count). The maximum Gasteiger partial charge on any atom is 0.125 e. The molecular formula is C14H14BrFN2. The summed E-state index contributed by atoms with van der Waals surface area (Å²) in [4.78, 5) is 1.95. The van der Waals surface area contributed by atoms with Crippen LogP contribution in [0, 0.1) is 12.7 Å². The number of halogens is 2. The highest BCUT2D eigenvalue weighted by atomic mass is 79.9. The summed E-state index contributed by atoms with van der Waals surface area (Å²) in [5, 5.41) is 0. The fourth-order valence-corrected chi connectivity index (χ4v) is 2.25. The number of rotatable bonds is 2. The van der Waals surface area contributed by atoms with Crippen molar-refractivity contribution in [1.82, 2.24) is 0 Å². The van der Waals surface area contributed by atoms with Crippen molar-refractivity contribution in [2.45, 2.75) is 6.92 Å². The highest BCUT2D eigenvalue weighted by Gasteiger charge is 2.10. The van der Waals surface area contributed by atoms with Gasteiger partial charge in [0.2, 0.25) is 0 Å². The van der Waals surface area contributed by atoms with Crippen LogP contribution in [0.15, 0.2) is 40.9 Å². The Morgan fingerprint density at radius 3 is 2.50 bits per heavy atom. The molecule has 0 radical (unpaired) electrons. The van der Waals surface area contributed by atoms with Gasteiger partial charge >= 0.3 is 0 Å². The van der Waals surface area contributed by atoms with E-state index in [9.17, 15) is 4.39 Å². The Hall–Kier alpha value is -1.55. The van der Waals surface area contributed by atoms with E-state index in [0.717, 1.165) is 21.4 Å². The third-order valence-electron chi connectivity index (χ3n) is 2.88. The van der Waals surface area contributed by atoms with E-state index in [1.54, 1.807) is 6.07 Å². The molecule has 2 N–H and O–H groups in total. The number of nitrogens with two attached hydrogens (primary N) is 1. The second-order valence-electron chi connectivity index (χ2n) is 4.19. The Morgan fingerprint density at radius 2 is 1.83 bits per heavy atom. The maximum atomic E-state index is 13.1. The molecule has 0 aromatic heterocycles. The Morgan fingerprint density at radius 1 is 1.11 bits per heavy atom. The van der Waals surface area contributed by atoms with Crippen molar-refractivity contribution in [3.63, 3.8) is 0 Å². The first-order valence-electron chi connectivity index (χ1n) is 5.54. The standard InChI is InChI=1S/C14H14BrFN2/c1-9-3-4-10(15)7-14(9)18(2)13-6-5-11(16)8-12(13)17/h3-8H,17H2,1-2H3. The van der Waals surface area contributed by atoms with E-state index in [4.69, 9.17) is 5.73 Å². The SMILES string of the molecule is Cc1ccc(Br)cc1N(C)c1ccc(F)cc1N. The first-order chi connectivity index (χ1) is 8.49. The predicted molar refractivity (Wildman–Crippen MR) is 77.8 cm³/mol. The number of aryl methyl sites for hydroxylation is 1. The number of anilines is 3. The van der Waals surface area contributed by atoms with Crippen molar-refractivity contribution in [3.05, 3.63) is 52.3 Å². The van der Waals surface area contributed by atoms with Gasteiger partial charge in [0.1, 0.15) is 5.82 Å². The molecule has 0 aliphatic rings. The van der Waals surface area contributed by atoms with Gasteiger partial charge in [-0.1, -0.05) is 22.0 Å². The number of hydrogen-bond donors (Lipinski definition) is 1. The number of hydrogen-bond acceptors (Lipinski definition) is 2. The second kappa shape index (κ2) is 4.98. The summed E-state index contributed by atoms with van der Waals surface area (Å²) in [7, 11) is 1.92. The third-order valence-corrected chi connectivity index (χ3v) is 3.38. The first kappa shape index (κ1) is 12.9. The van der Waals surface area contributed by atoms with Gasteiger partial charge in [-0.2, -0.15) is 0 Å². The third kappa shape index (κ3) is 2.48. The Kier molecular flexibility index (Phi) is 3.57. The van der Waals surface area contributed by atoms with Crippen molar-refractivity contribution in [3.8, 4) is 0 Å². The van der Waals surface area contributed by atoms with Gasteiger partial charge in [0, 0.05) is 17.2 Å². The number of nitrogen functional groups attached to an aromatic ring is 1. The van der Waals surface area contributed by atoms with E-state index < -0.39 is 0 Å². The van der Waals surface area contributed by atoms with E-state index in [1.807, 2.05) is 37.1 Å². The summed E-state index contributed by atoms with van der Waals surface area (Å²) in [5.74, 6) is -0.324. The van der Waals surface area contributed by atoms with Gasteiger partial charge in [0.05, 0.1) is 11.4 Å². The van der Waals surface area contributed by atoms with E-state index >= 15 is 0 Å². The summed E-state index contributed by atoms with van der Waals surface area (Å²) >= 11 is 3.45. The van der Waals surface area contributed by atoms with Gasteiger partial charge < -0.3 is 10.6 Å². The minimum absolute atomic E-state index is 0.324. The molecule has 0 unspecified atom stereocenters. The zero-order chi connectivity index (χ0) is 13.3. The van der Waals surface area contributed by atoms with Crippen LogP contribution in [-0.2, 0) is 0 Å². The summed E-state index contributed by atoms with van der Waals surface area (Å²) in [6, 6.07) is 10.5. The van der Waals surface area contributed by atoms with Crippen molar-refractivity contribution >= 4 is 33.0 Å². The molecule has 94 valence electrons. The lowest BCUT2D eigenvalue weighted by Crippen LogP contribution is -2.13. The quantitative estimate of drug-likeness (QED) is 0.841.